The smallest absolute Gasteiger partial charge is 0.423 e. The predicted octanol–water partition coefficient (Wildman–Crippen LogP) is 7.62. The van der Waals surface area contributed by atoms with Crippen LogP contribution in [0.3, 0.4) is 0 Å². The Labute approximate surface area is 439 Å². The number of para-hydroxylation sites is 1. The number of carbonyl (C=O) groups is 1. The van der Waals surface area contributed by atoms with Crippen molar-refractivity contribution in [2.24, 2.45) is 0 Å². The van der Waals surface area contributed by atoms with E-state index in [1.807, 2.05) is 111 Å². The summed E-state index contributed by atoms with van der Waals surface area (Å²) in [7, 11) is -1.52. The summed E-state index contributed by atoms with van der Waals surface area (Å²) in [6.07, 6.45) is 7.65. The molecular weight excluding hydrogens is 985 g/mol. The highest BCUT2D eigenvalue weighted by atomic mass is 35.5. The van der Waals surface area contributed by atoms with Gasteiger partial charge >= 0.3 is 7.12 Å². The average molecular weight is 1030 g/mol. The number of halogens is 1. The number of nitrogens with one attached hydrogen (secondary N) is 4. The number of nitrogens with zero attached hydrogens (tertiary/aromatic N) is 7. The van der Waals surface area contributed by atoms with Crippen LogP contribution in [0.4, 0.5) is 34.9 Å². The molecule has 1 aliphatic rings. The summed E-state index contributed by atoms with van der Waals surface area (Å²) in [5.74, 6) is 0.141. The van der Waals surface area contributed by atoms with Crippen molar-refractivity contribution in [3.8, 4) is 16.8 Å². The lowest BCUT2D eigenvalue weighted by Crippen LogP contribution is -2.31. The van der Waals surface area contributed by atoms with Crippen LogP contribution in [0.5, 0.6) is 0 Å². The summed E-state index contributed by atoms with van der Waals surface area (Å²) in [6, 6.07) is 36.9. The Kier molecular flexibility index (Phi) is 16.0. The molecule has 0 saturated heterocycles. The van der Waals surface area contributed by atoms with Gasteiger partial charge in [0.05, 0.1) is 35.5 Å². The second kappa shape index (κ2) is 23.3. The molecule has 1 unspecified atom stereocenters. The van der Waals surface area contributed by atoms with E-state index < -0.39 is 13.0 Å². The van der Waals surface area contributed by atoms with Crippen molar-refractivity contribution in [2.75, 3.05) is 22.1 Å². The highest BCUT2D eigenvalue weighted by molar-refractivity contribution is 6.58. The van der Waals surface area contributed by atoms with Gasteiger partial charge in [-0.05, 0) is 82.9 Å². The number of benzene rings is 4. The van der Waals surface area contributed by atoms with E-state index in [0.717, 1.165) is 33.2 Å². The maximum Gasteiger partial charge on any atom is 0.489 e. The van der Waals surface area contributed by atoms with Gasteiger partial charge < -0.3 is 42.1 Å². The summed E-state index contributed by atoms with van der Waals surface area (Å²) in [5, 5.41) is 25.1. The van der Waals surface area contributed by atoms with Crippen molar-refractivity contribution in [1.82, 2.24) is 34.5 Å². The van der Waals surface area contributed by atoms with Gasteiger partial charge in [0.15, 0.2) is 5.78 Å². The second-order valence-corrected chi connectivity index (χ2v) is 17.5. The van der Waals surface area contributed by atoms with E-state index in [1.165, 1.54) is 36.8 Å². The lowest BCUT2D eigenvalue weighted by Gasteiger charge is -2.31. The third-order valence-electron chi connectivity index (χ3n) is 12.1. The number of aromatic amines is 2. The second-order valence-electron chi connectivity index (χ2n) is 17.1. The first-order valence-electron chi connectivity index (χ1n) is 23.3. The van der Waals surface area contributed by atoms with Gasteiger partial charge in [-0.1, -0.05) is 103 Å². The van der Waals surface area contributed by atoms with Gasteiger partial charge in [0.1, 0.15) is 11.6 Å². The summed E-state index contributed by atoms with van der Waals surface area (Å²) in [6.45, 7) is 18.6. The zero-order valence-electron chi connectivity index (χ0n) is 40.5. The highest BCUT2D eigenvalue weighted by Crippen LogP contribution is 2.42. The molecule has 1 aliphatic carbocycles. The zero-order chi connectivity index (χ0) is 54.0. The molecule has 3 atom stereocenters. The predicted molar refractivity (Wildman–Crippen MR) is 296 cm³/mol. The molecule has 0 fully saturated rings. The first kappa shape index (κ1) is 52.3. The number of ketones is 1. The third kappa shape index (κ3) is 11.6. The van der Waals surface area contributed by atoms with Crippen molar-refractivity contribution in [3.63, 3.8) is 0 Å². The number of hydrogen-bond acceptors (Lipinski definition) is 14. The minimum Gasteiger partial charge on any atom is -0.423 e. The maximum atomic E-state index is 14.2. The van der Waals surface area contributed by atoms with Crippen LogP contribution in [0.25, 0.3) is 43.4 Å². The first-order valence-corrected chi connectivity index (χ1v) is 23.6. The number of pyridine rings is 3. The van der Waals surface area contributed by atoms with Crippen LogP contribution in [0.1, 0.15) is 53.0 Å². The van der Waals surface area contributed by atoms with Crippen molar-refractivity contribution in [2.45, 2.75) is 31.8 Å². The fraction of sp³-hybridized carbons (Fsp3) is 0.0909. The van der Waals surface area contributed by atoms with Crippen molar-refractivity contribution in [1.29, 1.82) is 0 Å². The van der Waals surface area contributed by atoms with Crippen LogP contribution in [0.15, 0.2) is 172 Å². The van der Waals surface area contributed by atoms with E-state index >= 15 is 0 Å². The fourth-order valence-electron chi connectivity index (χ4n) is 8.51. The number of aromatic nitrogens is 7. The number of nitrogens with two attached hydrogens (primary N) is 2. The average Bonchev–Trinajstić information content (AvgIpc) is 3.42. The summed E-state index contributed by atoms with van der Waals surface area (Å²) in [4.78, 5) is 77.7. The van der Waals surface area contributed by atoms with Crippen LogP contribution in [-0.2, 0) is 0 Å². The Morgan fingerprint density at radius 3 is 1.89 bits per heavy atom. The van der Waals surface area contributed by atoms with Gasteiger partial charge in [-0.25, -0.2) is 29.6 Å². The third-order valence-corrected chi connectivity index (χ3v) is 12.4. The number of anilines is 4. The first-order chi connectivity index (χ1) is 36.6. The molecule has 376 valence electrons. The number of Topliss-reactive ketones (excluding diaryl/α,β-unsaturated/α-hetero) is 1. The summed E-state index contributed by atoms with van der Waals surface area (Å²) < 4.78 is 1.62. The van der Waals surface area contributed by atoms with Crippen LogP contribution >= 0.6 is 11.6 Å². The number of hydrogen-bond donors (Lipinski definition) is 8. The number of nitrogen functional groups attached to an aromatic ring is 2. The topological polar surface area (TPSA) is 282 Å². The molecule has 19 nitrogen and oxygen atoms in total. The van der Waals surface area contributed by atoms with Gasteiger partial charge in [-0.3, -0.25) is 23.7 Å². The van der Waals surface area contributed by atoms with E-state index in [0.29, 0.717) is 39.0 Å². The lowest BCUT2D eigenvalue weighted by atomic mass is 9.74. The lowest BCUT2D eigenvalue weighted by molar-refractivity contribution is 0.0969. The SMILES string of the molecule is O=c1ccc(B(O)O)c[nH]1.[C-]#[N+]c1cnc(N)nc1N[C@@H](C)C1=Cc2cccc(-c3ccc(=O)[nH]c3)c2C(=O)C1c1ccccc1.[C-]#[N+]c1cnc(N)nc1N[C@@H](C)c1cc2cccc(Cl)c2c(=O)n1-c1ccccc1. The summed E-state index contributed by atoms with van der Waals surface area (Å²) >= 11 is 6.35. The molecule has 21 heteroatoms. The van der Waals surface area contributed by atoms with Gasteiger partial charge in [0.2, 0.25) is 34.4 Å². The molecule has 0 saturated carbocycles. The number of fused-ring (bicyclic) bond motifs is 2. The quantitative estimate of drug-likeness (QED) is 0.0483. The molecule has 0 radical (unpaired) electrons. The number of H-pyrrole nitrogens is 2. The van der Waals surface area contributed by atoms with Gasteiger partial charge in [0.25, 0.3) is 5.56 Å². The molecule has 0 amide bonds. The fourth-order valence-corrected chi connectivity index (χ4v) is 8.78. The molecule has 0 bridgehead atoms. The number of carbonyl (C=O) groups excluding carboxylic acids is 1. The minimum atomic E-state index is -1.52. The van der Waals surface area contributed by atoms with Gasteiger partial charge in [-0.2, -0.15) is 0 Å². The largest absolute Gasteiger partial charge is 0.489 e. The van der Waals surface area contributed by atoms with Gasteiger partial charge in [-0.15, -0.1) is 0 Å². The Hall–Kier alpha value is -9.99. The normalized spacial score (nSPS) is 13.2. The molecular formula is C55H45BClN13O6. The van der Waals surface area contributed by atoms with Crippen LogP contribution in [-0.4, -0.2) is 63.5 Å². The Morgan fingerprint density at radius 1 is 0.724 bits per heavy atom. The Morgan fingerprint density at radius 2 is 1.32 bits per heavy atom. The van der Waals surface area contributed by atoms with E-state index in [4.69, 9.17) is 46.3 Å². The van der Waals surface area contributed by atoms with Crippen molar-refractivity contribution < 1.29 is 14.8 Å². The van der Waals surface area contributed by atoms with E-state index in [2.05, 4.69) is 50.2 Å². The Bertz CT molecular complexity index is 3890. The van der Waals surface area contributed by atoms with E-state index in [9.17, 15) is 19.2 Å². The molecule has 5 heterocycles. The minimum absolute atomic E-state index is 0.0447. The van der Waals surface area contributed by atoms with E-state index in [-0.39, 0.29) is 63.3 Å². The molecule has 0 aliphatic heterocycles. The number of rotatable bonds is 10. The zero-order valence-corrected chi connectivity index (χ0v) is 41.3. The van der Waals surface area contributed by atoms with Crippen LogP contribution < -0.4 is 44.2 Å². The molecule has 10 N–H and O–H groups in total. The molecule has 9 aromatic rings. The highest BCUT2D eigenvalue weighted by Gasteiger charge is 2.35. The van der Waals surface area contributed by atoms with Crippen LogP contribution in [0.2, 0.25) is 5.02 Å². The van der Waals surface area contributed by atoms with Gasteiger partial charge in [0, 0.05) is 59.9 Å². The monoisotopic (exact) mass is 1030 g/mol. The molecule has 5 aromatic heterocycles. The molecule has 10 rings (SSSR count). The van der Waals surface area contributed by atoms with E-state index in [1.54, 1.807) is 29.0 Å². The van der Waals surface area contributed by atoms with Crippen molar-refractivity contribution in [3.05, 3.63) is 239 Å². The molecule has 4 aromatic carbocycles. The standard InChI is InChI=1S/C28H22N6O2.C22H17ClN6O.C5H6BNO3/c1-16(33-27-22(30-2)15-32-28(29)34-27)21-13-18-9-6-10-20(19-11-12-23(35)31-14-19)25(18)26(36)24(21)17-7-4-3-5-8-17;1-13(27-20-17(25-2)12-26-22(24)28-20)18-11-14-7-6-10-16(23)19(14)21(30)29(18)15-8-4-3-5-9-15;8-5-2-1-4(3-7-5)6(9)10/h3-16,24H,1H3,(H,31,35)(H3,29,32,33,34);3-13H,1H3,(H3,24,26,27,28);1-3,9-10H,(H,7,8)/t16-,24?;13-;/m00./s1. The summed E-state index contributed by atoms with van der Waals surface area (Å²) in [5.41, 5.74) is 17.5. The molecule has 76 heavy (non-hydrogen) atoms. The molecule has 0 spiro atoms. The maximum absolute atomic E-state index is 14.2. The van der Waals surface area contributed by atoms with Crippen molar-refractivity contribution >= 4 is 81.7 Å². The van der Waals surface area contributed by atoms with Crippen LogP contribution in [0, 0.1) is 13.1 Å². The Balaban J connectivity index is 0.000000172.